The van der Waals surface area contributed by atoms with Crippen LogP contribution in [0, 0.1) is 11.6 Å². The third-order valence-corrected chi connectivity index (χ3v) is 6.84. The van der Waals surface area contributed by atoms with Crippen molar-refractivity contribution in [2.24, 2.45) is 5.10 Å². The van der Waals surface area contributed by atoms with Gasteiger partial charge in [0.1, 0.15) is 17.3 Å². The van der Waals surface area contributed by atoms with E-state index in [1.165, 1.54) is 41.6 Å². The molecule has 16 heteroatoms. The van der Waals surface area contributed by atoms with Gasteiger partial charge >= 0.3 is 6.18 Å². The first-order valence-electron chi connectivity index (χ1n) is 14.2. The van der Waals surface area contributed by atoms with Crippen LogP contribution < -0.4 is 10.1 Å². The second-order valence-electron chi connectivity index (χ2n) is 10.1. The third kappa shape index (κ3) is 7.18. The highest BCUT2D eigenvalue weighted by atomic mass is 19.4. The Kier molecular flexibility index (Phi) is 9.96. The van der Waals surface area contributed by atoms with Crippen LogP contribution in [0.25, 0.3) is 22.6 Å². The lowest BCUT2D eigenvalue weighted by atomic mass is 10.0. The van der Waals surface area contributed by atoms with Crippen LogP contribution in [-0.2, 0) is 22.3 Å². The minimum atomic E-state index is -4.75. The fourth-order valence-electron chi connectivity index (χ4n) is 4.71. The van der Waals surface area contributed by atoms with Crippen LogP contribution in [0.1, 0.15) is 42.1 Å². The molecule has 1 aliphatic heterocycles. The van der Waals surface area contributed by atoms with E-state index in [4.69, 9.17) is 19.1 Å². The number of aliphatic hydroxyl groups excluding tert-OH is 1. The van der Waals surface area contributed by atoms with Crippen LogP contribution in [0.2, 0.25) is 0 Å². The Balaban J connectivity index is 1.46. The average Bonchev–Trinajstić information content (AvgIpc) is 3.68. The number of amides is 1. The first-order valence-corrected chi connectivity index (χ1v) is 14.2. The minimum absolute atomic E-state index is 0.0297. The maximum absolute atomic E-state index is 14.4. The van der Waals surface area contributed by atoms with E-state index in [-0.39, 0.29) is 73.7 Å². The topological polar surface area (TPSA) is 138 Å². The molecule has 5 rings (SSSR count). The zero-order valence-corrected chi connectivity index (χ0v) is 24.4. The molecule has 3 N–H and O–H groups in total. The van der Waals surface area contributed by atoms with E-state index in [0.29, 0.717) is 17.8 Å². The maximum Gasteiger partial charge on any atom is 0.417 e. The SMILES string of the molecule is CCCOc1ccc(-c2cc(C(C(=O)NCCOCCO)N3Cc4nc(-c5cccc(F)c5F)[nH]c4C=N3)on2)c(C(F)(F)F)c1. The molecule has 11 nitrogen and oxygen atoms in total. The number of carbonyl (C=O) groups excluding carboxylic acids is 1. The first-order chi connectivity index (χ1) is 22.1. The summed E-state index contributed by atoms with van der Waals surface area (Å²) < 4.78 is 86.5. The average molecular weight is 649 g/mol. The molecule has 0 fully saturated rings. The number of aliphatic hydroxyl groups is 1. The van der Waals surface area contributed by atoms with E-state index in [0.717, 1.165) is 12.1 Å². The molecule has 2 aromatic carbocycles. The van der Waals surface area contributed by atoms with Gasteiger partial charge in [-0.3, -0.25) is 9.80 Å². The second kappa shape index (κ2) is 14.1. The second-order valence-corrected chi connectivity index (χ2v) is 10.1. The Labute approximate surface area is 259 Å². The highest BCUT2D eigenvalue weighted by Crippen LogP contribution is 2.40. The number of H-pyrrole nitrogens is 1. The van der Waals surface area contributed by atoms with Crippen LogP contribution in [0.15, 0.2) is 52.1 Å². The smallest absolute Gasteiger partial charge is 0.417 e. The molecule has 46 heavy (non-hydrogen) atoms. The number of hydrazone groups is 1. The normalized spacial score (nSPS) is 13.5. The van der Waals surface area contributed by atoms with Gasteiger partial charge in [-0.05, 0) is 36.8 Å². The van der Waals surface area contributed by atoms with Gasteiger partial charge in [-0.25, -0.2) is 13.8 Å². The number of benzene rings is 2. The van der Waals surface area contributed by atoms with Crippen molar-refractivity contribution in [3.8, 4) is 28.4 Å². The Hall–Kier alpha value is -4.83. The molecule has 0 spiro atoms. The summed E-state index contributed by atoms with van der Waals surface area (Å²) in [6, 6.07) is 7.01. The number of alkyl halides is 3. The van der Waals surface area contributed by atoms with Crippen molar-refractivity contribution in [2.45, 2.75) is 32.1 Å². The Morgan fingerprint density at radius 3 is 2.74 bits per heavy atom. The number of hydrogen-bond acceptors (Lipinski definition) is 9. The van der Waals surface area contributed by atoms with Crippen molar-refractivity contribution in [3.63, 3.8) is 0 Å². The van der Waals surface area contributed by atoms with Gasteiger partial charge in [0.05, 0.1) is 61.7 Å². The number of imidazole rings is 1. The van der Waals surface area contributed by atoms with Gasteiger partial charge in [0.2, 0.25) is 0 Å². The number of fused-ring (bicyclic) bond motifs is 1. The van der Waals surface area contributed by atoms with Crippen molar-refractivity contribution >= 4 is 12.1 Å². The van der Waals surface area contributed by atoms with Gasteiger partial charge in [0.25, 0.3) is 5.91 Å². The van der Waals surface area contributed by atoms with E-state index in [9.17, 15) is 26.7 Å². The molecule has 0 saturated heterocycles. The number of carbonyl (C=O) groups is 1. The highest BCUT2D eigenvalue weighted by Gasteiger charge is 2.37. The van der Waals surface area contributed by atoms with Crippen molar-refractivity contribution in [2.75, 3.05) is 33.0 Å². The minimum Gasteiger partial charge on any atom is -0.494 e. The number of ether oxygens (including phenoxy) is 2. The first kappa shape index (κ1) is 32.6. The van der Waals surface area contributed by atoms with Crippen LogP contribution in [-0.4, -0.2) is 70.3 Å². The monoisotopic (exact) mass is 648 g/mol. The molecule has 2 aromatic heterocycles. The predicted octanol–water partition coefficient (Wildman–Crippen LogP) is 4.83. The molecular formula is C30H29F5N6O5. The van der Waals surface area contributed by atoms with Crippen molar-refractivity contribution in [1.82, 2.24) is 25.5 Å². The highest BCUT2D eigenvalue weighted by molar-refractivity contribution is 5.85. The summed E-state index contributed by atoms with van der Waals surface area (Å²) in [5, 5.41) is 21.0. The predicted molar refractivity (Wildman–Crippen MR) is 153 cm³/mol. The number of halogens is 5. The fourth-order valence-corrected chi connectivity index (χ4v) is 4.71. The Bertz CT molecular complexity index is 1710. The lowest BCUT2D eigenvalue weighted by Gasteiger charge is -2.28. The quantitative estimate of drug-likeness (QED) is 0.139. The molecule has 1 unspecified atom stereocenters. The zero-order valence-electron chi connectivity index (χ0n) is 24.4. The molecular weight excluding hydrogens is 619 g/mol. The lowest BCUT2D eigenvalue weighted by molar-refractivity contribution is -0.137. The standard InChI is InChI=1S/C30H29F5N6O5/c1-2-10-45-17-6-7-18(20(13-17)30(33,34)35)22-14-25(46-40-22)27(29(43)36-8-11-44-12-9-42)41-16-24-23(15-37-41)38-28(39-24)19-4-3-5-21(31)26(19)32/h3-7,13-15,27,42H,2,8-12,16H2,1H3,(H,36,43)(H,38,39). The summed E-state index contributed by atoms with van der Waals surface area (Å²) in [6.07, 6.45) is -2.82. The van der Waals surface area contributed by atoms with Crippen LogP contribution in [0.3, 0.4) is 0 Å². The van der Waals surface area contributed by atoms with Gasteiger partial charge < -0.3 is 29.4 Å². The van der Waals surface area contributed by atoms with Gasteiger partial charge in [-0.15, -0.1) is 0 Å². The number of aromatic nitrogens is 3. The van der Waals surface area contributed by atoms with Gasteiger partial charge in [-0.1, -0.05) is 18.1 Å². The number of aromatic amines is 1. The Morgan fingerprint density at radius 2 is 1.98 bits per heavy atom. The molecule has 0 saturated carbocycles. The van der Waals surface area contributed by atoms with Crippen molar-refractivity contribution < 1.29 is 45.8 Å². The third-order valence-electron chi connectivity index (χ3n) is 6.84. The largest absolute Gasteiger partial charge is 0.494 e. The van der Waals surface area contributed by atoms with Crippen molar-refractivity contribution in [3.05, 3.63) is 76.8 Å². The molecule has 0 radical (unpaired) electrons. The van der Waals surface area contributed by atoms with Crippen LogP contribution in [0.4, 0.5) is 22.0 Å². The molecule has 244 valence electrons. The van der Waals surface area contributed by atoms with E-state index in [1.807, 2.05) is 6.92 Å². The van der Waals surface area contributed by atoms with Crippen LogP contribution >= 0.6 is 0 Å². The molecule has 1 amide bonds. The number of hydrogen-bond donors (Lipinski definition) is 3. The van der Waals surface area contributed by atoms with E-state index < -0.39 is 35.3 Å². The molecule has 4 aromatic rings. The fraction of sp³-hybridized carbons (Fsp3) is 0.333. The molecule has 1 aliphatic rings. The maximum atomic E-state index is 14.4. The van der Waals surface area contributed by atoms with Gasteiger partial charge in [0, 0.05) is 18.2 Å². The molecule has 0 aliphatic carbocycles. The molecule has 3 heterocycles. The summed E-state index contributed by atoms with van der Waals surface area (Å²) in [6.45, 7) is 1.89. The summed E-state index contributed by atoms with van der Waals surface area (Å²) >= 11 is 0. The molecule has 0 bridgehead atoms. The van der Waals surface area contributed by atoms with Gasteiger partial charge in [0.15, 0.2) is 23.4 Å². The Morgan fingerprint density at radius 1 is 1.15 bits per heavy atom. The number of nitrogens with zero attached hydrogens (tertiary/aromatic N) is 4. The summed E-state index contributed by atoms with van der Waals surface area (Å²) in [5.74, 6) is -2.86. The number of nitrogens with one attached hydrogen (secondary N) is 2. The van der Waals surface area contributed by atoms with Crippen LogP contribution in [0.5, 0.6) is 5.75 Å². The van der Waals surface area contributed by atoms with E-state index >= 15 is 0 Å². The van der Waals surface area contributed by atoms with Crippen molar-refractivity contribution in [1.29, 1.82) is 0 Å². The molecule has 1 atom stereocenters. The number of rotatable bonds is 13. The summed E-state index contributed by atoms with van der Waals surface area (Å²) in [7, 11) is 0. The summed E-state index contributed by atoms with van der Waals surface area (Å²) in [4.78, 5) is 20.7. The lowest BCUT2D eigenvalue weighted by Crippen LogP contribution is -2.40. The van der Waals surface area contributed by atoms with Gasteiger partial charge in [-0.2, -0.15) is 18.3 Å². The zero-order chi connectivity index (χ0) is 32.8. The van der Waals surface area contributed by atoms with E-state index in [2.05, 4.69) is 25.5 Å². The van der Waals surface area contributed by atoms with E-state index in [1.54, 1.807) is 0 Å². The summed E-state index contributed by atoms with van der Waals surface area (Å²) in [5.41, 5.74) is -0.875.